The summed E-state index contributed by atoms with van der Waals surface area (Å²) in [6, 6.07) is 11.4. The molecule has 1 unspecified atom stereocenters. The molecule has 1 N–H and O–H groups in total. The molecular formula is C21H25ClN2O4. The van der Waals surface area contributed by atoms with Gasteiger partial charge in [-0.15, -0.1) is 0 Å². The van der Waals surface area contributed by atoms with Gasteiger partial charge in [0.15, 0.2) is 11.5 Å². The molecule has 7 heteroatoms. The molecule has 6 nitrogen and oxygen atoms in total. The monoisotopic (exact) mass is 404 g/mol. The summed E-state index contributed by atoms with van der Waals surface area (Å²) in [5.74, 6) is 2.07. The molecule has 1 atom stereocenters. The van der Waals surface area contributed by atoms with E-state index in [-0.39, 0.29) is 13.4 Å². The van der Waals surface area contributed by atoms with Gasteiger partial charge >= 0.3 is 0 Å². The van der Waals surface area contributed by atoms with Gasteiger partial charge in [0, 0.05) is 49.5 Å². The highest BCUT2D eigenvalue weighted by Gasteiger charge is 2.21. The number of aliphatic hydroxyl groups is 1. The fourth-order valence-electron chi connectivity index (χ4n) is 3.60. The molecule has 2 aliphatic heterocycles. The van der Waals surface area contributed by atoms with Crippen LogP contribution in [0.1, 0.15) is 5.56 Å². The van der Waals surface area contributed by atoms with Gasteiger partial charge in [-0.3, -0.25) is 4.90 Å². The first-order chi connectivity index (χ1) is 13.6. The second kappa shape index (κ2) is 8.47. The number of rotatable bonds is 6. The highest BCUT2D eigenvalue weighted by Crippen LogP contribution is 2.35. The van der Waals surface area contributed by atoms with Crippen LogP contribution in [0.25, 0.3) is 0 Å². The third-order valence-corrected chi connectivity index (χ3v) is 5.37. The van der Waals surface area contributed by atoms with Crippen LogP contribution in [0.4, 0.5) is 5.69 Å². The topological polar surface area (TPSA) is 54.4 Å². The van der Waals surface area contributed by atoms with Crippen molar-refractivity contribution in [3.05, 3.63) is 47.0 Å². The van der Waals surface area contributed by atoms with Crippen molar-refractivity contribution in [1.82, 2.24) is 4.90 Å². The van der Waals surface area contributed by atoms with E-state index in [2.05, 4.69) is 22.8 Å². The molecule has 2 aromatic rings. The van der Waals surface area contributed by atoms with Crippen LogP contribution in [-0.4, -0.2) is 62.2 Å². The zero-order valence-electron chi connectivity index (χ0n) is 15.9. The fraction of sp³-hybridized carbons (Fsp3) is 0.429. The van der Waals surface area contributed by atoms with Gasteiger partial charge < -0.3 is 24.2 Å². The van der Waals surface area contributed by atoms with E-state index in [1.807, 2.05) is 24.3 Å². The van der Waals surface area contributed by atoms with Crippen molar-refractivity contribution < 1.29 is 19.3 Å². The first kappa shape index (κ1) is 19.2. The summed E-state index contributed by atoms with van der Waals surface area (Å²) in [7, 11) is 0. The maximum atomic E-state index is 10.4. The van der Waals surface area contributed by atoms with E-state index in [1.165, 1.54) is 11.3 Å². The van der Waals surface area contributed by atoms with E-state index in [1.54, 1.807) is 6.07 Å². The summed E-state index contributed by atoms with van der Waals surface area (Å²) in [5, 5.41) is 11.1. The van der Waals surface area contributed by atoms with E-state index in [0.29, 0.717) is 18.0 Å². The van der Waals surface area contributed by atoms with Crippen molar-refractivity contribution in [2.45, 2.75) is 13.0 Å². The lowest BCUT2D eigenvalue weighted by Gasteiger charge is -2.37. The van der Waals surface area contributed by atoms with Crippen LogP contribution >= 0.6 is 11.6 Å². The van der Waals surface area contributed by atoms with Gasteiger partial charge in [-0.05, 0) is 36.8 Å². The van der Waals surface area contributed by atoms with Crippen molar-refractivity contribution >= 4 is 17.3 Å². The number of anilines is 1. The summed E-state index contributed by atoms with van der Waals surface area (Å²) >= 11 is 6.15. The lowest BCUT2D eigenvalue weighted by Crippen LogP contribution is -2.49. The second-order valence-corrected chi connectivity index (χ2v) is 7.63. The molecule has 1 fully saturated rings. The minimum Gasteiger partial charge on any atom is -0.491 e. The Morgan fingerprint density at radius 3 is 2.68 bits per heavy atom. The zero-order valence-corrected chi connectivity index (χ0v) is 16.7. The molecule has 2 aromatic carbocycles. The number of hydrogen-bond donors (Lipinski definition) is 1. The third kappa shape index (κ3) is 4.46. The summed E-state index contributed by atoms with van der Waals surface area (Å²) in [6.07, 6.45) is -0.551. The fourth-order valence-corrected chi connectivity index (χ4v) is 3.77. The number of β-amino-alcohol motifs (C(OH)–C–C–N with tert-alkyl or cyclic N) is 1. The molecule has 0 amide bonds. The number of benzene rings is 2. The Morgan fingerprint density at radius 1 is 1.07 bits per heavy atom. The molecule has 150 valence electrons. The Balaban J connectivity index is 1.24. The van der Waals surface area contributed by atoms with Gasteiger partial charge in [0.25, 0.3) is 0 Å². The van der Waals surface area contributed by atoms with Gasteiger partial charge in [-0.1, -0.05) is 17.7 Å². The predicted molar refractivity (Wildman–Crippen MR) is 109 cm³/mol. The van der Waals surface area contributed by atoms with Crippen molar-refractivity contribution in [1.29, 1.82) is 0 Å². The van der Waals surface area contributed by atoms with Gasteiger partial charge in [0.05, 0.1) is 0 Å². The number of aryl methyl sites for hydroxylation is 1. The van der Waals surface area contributed by atoms with Crippen LogP contribution in [0, 0.1) is 6.92 Å². The zero-order chi connectivity index (χ0) is 19.5. The molecule has 0 bridgehead atoms. The Labute approximate surface area is 170 Å². The van der Waals surface area contributed by atoms with Crippen molar-refractivity contribution in [3.63, 3.8) is 0 Å². The summed E-state index contributed by atoms with van der Waals surface area (Å²) < 4.78 is 16.3. The largest absolute Gasteiger partial charge is 0.491 e. The van der Waals surface area contributed by atoms with Gasteiger partial charge in [0.1, 0.15) is 18.5 Å². The van der Waals surface area contributed by atoms with Crippen molar-refractivity contribution in [2.24, 2.45) is 0 Å². The molecule has 0 aliphatic carbocycles. The van der Waals surface area contributed by atoms with Crippen LogP contribution in [0.3, 0.4) is 0 Å². The SMILES string of the molecule is Cc1ccc(Cl)cc1N1CCN(CC(O)COc2ccc3c(c2)OCO3)CC1. The maximum absolute atomic E-state index is 10.4. The molecular weight excluding hydrogens is 380 g/mol. The molecule has 2 heterocycles. The normalized spacial score (nSPS) is 17.6. The Kier molecular flexibility index (Phi) is 5.80. The molecule has 0 saturated carbocycles. The maximum Gasteiger partial charge on any atom is 0.231 e. The molecule has 0 spiro atoms. The number of hydrogen-bond acceptors (Lipinski definition) is 6. The Hall–Kier alpha value is -2.15. The first-order valence-electron chi connectivity index (χ1n) is 9.52. The number of aliphatic hydroxyl groups excluding tert-OH is 1. The molecule has 4 rings (SSSR count). The van der Waals surface area contributed by atoms with E-state index >= 15 is 0 Å². The number of ether oxygens (including phenoxy) is 3. The standard InChI is InChI=1S/C21H25ClN2O4/c1-15-2-3-16(22)10-19(15)24-8-6-23(7-9-24)12-17(25)13-26-18-4-5-20-21(11-18)28-14-27-20/h2-5,10-11,17,25H,6-9,12-14H2,1H3. The van der Waals surface area contributed by atoms with Crippen LogP contribution in [-0.2, 0) is 0 Å². The van der Waals surface area contributed by atoms with Crippen LogP contribution < -0.4 is 19.1 Å². The molecule has 28 heavy (non-hydrogen) atoms. The van der Waals surface area contributed by atoms with Crippen LogP contribution in [0.15, 0.2) is 36.4 Å². The average molecular weight is 405 g/mol. The number of halogens is 1. The lowest BCUT2D eigenvalue weighted by molar-refractivity contribution is 0.0662. The summed E-state index contributed by atoms with van der Waals surface area (Å²) in [4.78, 5) is 4.62. The quantitative estimate of drug-likeness (QED) is 0.799. The Bertz CT molecular complexity index is 824. The summed E-state index contributed by atoms with van der Waals surface area (Å²) in [5.41, 5.74) is 2.42. The highest BCUT2D eigenvalue weighted by molar-refractivity contribution is 6.30. The molecule has 1 saturated heterocycles. The van der Waals surface area contributed by atoms with Crippen molar-refractivity contribution in [2.75, 3.05) is 51.0 Å². The molecule has 0 radical (unpaired) electrons. The van der Waals surface area contributed by atoms with Crippen LogP contribution in [0.2, 0.25) is 5.02 Å². The average Bonchev–Trinajstić information content (AvgIpc) is 3.17. The Morgan fingerprint density at radius 2 is 1.86 bits per heavy atom. The van der Waals surface area contributed by atoms with Crippen molar-refractivity contribution in [3.8, 4) is 17.2 Å². The van der Waals surface area contributed by atoms with Gasteiger partial charge in [0.2, 0.25) is 6.79 Å². The molecule has 2 aliphatic rings. The molecule has 0 aromatic heterocycles. The van der Waals surface area contributed by atoms with E-state index < -0.39 is 6.10 Å². The smallest absolute Gasteiger partial charge is 0.231 e. The second-order valence-electron chi connectivity index (χ2n) is 7.20. The van der Waals surface area contributed by atoms with Gasteiger partial charge in [-0.2, -0.15) is 0 Å². The number of nitrogens with zero attached hydrogens (tertiary/aromatic N) is 2. The lowest BCUT2D eigenvalue weighted by atomic mass is 10.1. The van der Waals surface area contributed by atoms with E-state index in [4.69, 9.17) is 25.8 Å². The van der Waals surface area contributed by atoms with E-state index in [0.717, 1.165) is 37.0 Å². The van der Waals surface area contributed by atoms with E-state index in [9.17, 15) is 5.11 Å². The predicted octanol–water partition coefficient (Wildman–Crippen LogP) is 2.94. The van der Waals surface area contributed by atoms with Gasteiger partial charge in [-0.25, -0.2) is 0 Å². The minimum atomic E-state index is -0.551. The first-order valence-corrected chi connectivity index (χ1v) is 9.90. The number of piperazine rings is 1. The minimum absolute atomic E-state index is 0.238. The third-order valence-electron chi connectivity index (χ3n) is 5.14. The summed E-state index contributed by atoms with van der Waals surface area (Å²) in [6.45, 7) is 6.80. The highest BCUT2D eigenvalue weighted by atomic mass is 35.5. The number of fused-ring (bicyclic) bond motifs is 1. The van der Waals surface area contributed by atoms with Crippen LogP contribution in [0.5, 0.6) is 17.2 Å².